The Morgan fingerprint density at radius 1 is 0.971 bits per heavy atom. The van der Waals surface area contributed by atoms with Gasteiger partial charge in [0.15, 0.2) is 11.5 Å². The highest BCUT2D eigenvalue weighted by atomic mass is 16.5. The van der Waals surface area contributed by atoms with E-state index in [2.05, 4.69) is 59.7 Å². The molecule has 0 bridgehead atoms. The van der Waals surface area contributed by atoms with E-state index in [1.165, 1.54) is 16.5 Å². The van der Waals surface area contributed by atoms with Crippen LogP contribution in [0.1, 0.15) is 28.4 Å². The Bertz CT molecular complexity index is 1350. The minimum Gasteiger partial charge on any atom is -0.493 e. The number of H-pyrrole nitrogens is 1. The second kappa shape index (κ2) is 9.25. The van der Waals surface area contributed by atoms with E-state index in [4.69, 9.17) is 14.2 Å². The number of hydrogen-bond donors (Lipinski definition) is 2. The van der Waals surface area contributed by atoms with Gasteiger partial charge in [0.25, 0.3) is 0 Å². The smallest absolute Gasteiger partial charge is 0.322 e. The molecule has 0 radical (unpaired) electrons. The molecule has 1 aromatic heterocycles. The molecule has 0 saturated carbocycles. The van der Waals surface area contributed by atoms with Crippen molar-refractivity contribution < 1.29 is 19.0 Å². The third kappa shape index (κ3) is 4.03. The molecule has 2 amide bonds. The first-order valence-corrected chi connectivity index (χ1v) is 11.6. The first-order valence-electron chi connectivity index (χ1n) is 11.6. The first-order chi connectivity index (χ1) is 17.0. The molecule has 7 nitrogen and oxygen atoms in total. The van der Waals surface area contributed by atoms with Crippen molar-refractivity contribution in [3.05, 3.63) is 83.0 Å². The lowest BCUT2D eigenvalue weighted by Crippen LogP contribution is -2.43. The molecule has 1 aliphatic rings. The lowest BCUT2D eigenvalue weighted by molar-refractivity contribution is 0.193. The number of methoxy groups -OCH3 is 3. The summed E-state index contributed by atoms with van der Waals surface area (Å²) in [7, 11) is 4.66. The number of aryl methyl sites for hydroxylation is 1. The van der Waals surface area contributed by atoms with E-state index in [1.54, 1.807) is 33.5 Å². The van der Waals surface area contributed by atoms with Gasteiger partial charge in [0, 0.05) is 35.3 Å². The van der Waals surface area contributed by atoms with E-state index in [0.29, 0.717) is 29.5 Å². The van der Waals surface area contributed by atoms with E-state index in [-0.39, 0.29) is 12.1 Å². The average Bonchev–Trinajstić information content (AvgIpc) is 3.26. The number of anilines is 1. The van der Waals surface area contributed by atoms with Crippen molar-refractivity contribution in [3.8, 4) is 17.2 Å². The summed E-state index contributed by atoms with van der Waals surface area (Å²) in [6.45, 7) is 2.65. The standard InChI is InChI=1S/C28H29N3O4/c1-17-9-11-18(12-10-17)26-25-21(20-7-5-6-8-22(20)30-25)13-14-31(26)28(32)29-19-15-23(33-2)27(35-4)24(16-19)34-3/h5-12,15-16,26,30H,13-14H2,1-4H3,(H,29,32)/t26-/m0/s1. The Kier molecular flexibility index (Phi) is 5.99. The van der Waals surface area contributed by atoms with Crippen molar-refractivity contribution in [2.75, 3.05) is 33.2 Å². The van der Waals surface area contributed by atoms with Gasteiger partial charge in [0.2, 0.25) is 5.75 Å². The molecular formula is C28H29N3O4. The van der Waals surface area contributed by atoms with E-state index in [0.717, 1.165) is 23.2 Å². The highest BCUT2D eigenvalue weighted by molar-refractivity contribution is 5.92. The molecule has 0 spiro atoms. The van der Waals surface area contributed by atoms with Crippen molar-refractivity contribution in [3.63, 3.8) is 0 Å². The summed E-state index contributed by atoms with van der Waals surface area (Å²) in [5, 5.41) is 4.26. The third-order valence-electron chi connectivity index (χ3n) is 6.60. The van der Waals surface area contributed by atoms with E-state index in [9.17, 15) is 4.79 Å². The monoisotopic (exact) mass is 471 g/mol. The maximum Gasteiger partial charge on any atom is 0.322 e. The van der Waals surface area contributed by atoms with Gasteiger partial charge in [-0.15, -0.1) is 0 Å². The van der Waals surface area contributed by atoms with Gasteiger partial charge in [-0.2, -0.15) is 0 Å². The predicted octanol–water partition coefficient (Wildman–Crippen LogP) is 5.68. The summed E-state index contributed by atoms with van der Waals surface area (Å²) in [5.41, 5.74) is 6.21. The molecule has 0 saturated heterocycles. The number of para-hydroxylation sites is 1. The number of benzene rings is 3. The van der Waals surface area contributed by atoms with Gasteiger partial charge >= 0.3 is 6.03 Å². The summed E-state index contributed by atoms with van der Waals surface area (Å²) in [5.74, 6) is 1.44. The van der Waals surface area contributed by atoms with Gasteiger partial charge in [-0.25, -0.2) is 4.79 Å². The van der Waals surface area contributed by atoms with Gasteiger partial charge in [0.1, 0.15) is 0 Å². The van der Waals surface area contributed by atoms with Crippen LogP contribution in [0.5, 0.6) is 17.2 Å². The summed E-state index contributed by atoms with van der Waals surface area (Å²) in [6, 6.07) is 19.7. The van der Waals surface area contributed by atoms with E-state index < -0.39 is 0 Å². The molecule has 4 aromatic rings. The normalized spacial score (nSPS) is 15.0. The Morgan fingerprint density at radius 2 is 1.66 bits per heavy atom. The van der Waals surface area contributed by atoms with Gasteiger partial charge in [0.05, 0.1) is 33.1 Å². The Hall–Kier alpha value is -4.13. The maximum atomic E-state index is 13.7. The van der Waals surface area contributed by atoms with Crippen LogP contribution in [0.25, 0.3) is 10.9 Å². The number of aromatic nitrogens is 1. The van der Waals surface area contributed by atoms with Crippen LogP contribution < -0.4 is 19.5 Å². The summed E-state index contributed by atoms with van der Waals surface area (Å²) >= 11 is 0. The number of rotatable bonds is 5. The molecule has 0 fully saturated rings. The van der Waals surface area contributed by atoms with Gasteiger partial charge in [-0.05, 0) is 30.5 Å². The molecule has 2 heterocycles. The second-order valence-corrected chi connectivity index (χ2v) is 8.66. The number of hydrogen-bond acceptors (Lipinski definition) is 4. The topological polar surface area (TPSA) is 75.8 Å². The quantitative estimate of drug-likeness (QED) is 0.393. The predicted molar refractivity (Wildman–Crippen MR) is 137 cm³/mol. The van der Waals surface area contributed by atoms with Crippen LogP contribution in [0.15, 0.2) is 60.7 Å². The van der Waals surface area contributed by atoms with Crippen molar-refractivity contribution >= 4 is 22.6 Å². The van der Waals surface area contributed by atoms with Crippen LogP contribution in [0.4, 0.5) is 10.5 Å². The number of amides is 2. The minimum atomic E-state index is -0.242. The Morgan fingerprint density at radius 3 is 2.31 bits per heavy atom. The fraction of sp³-hybridized carbons (Fsp3) is 0.250. The Balaban J connectivity index is 1.54. The molecule has 1 aliphatic heterocycles. The fourth-order valence-corrected chi connectivity index (χ4v) is 4.90. The first kappa shape index (κ1) is 22.7. The SMILES string of the molecule is COc1cc(NC(=O)N2CCc3c([nH]c4ccccc34)[C@@H]2c2ccc(C)cc2)cc(OC)c1OC. The fourth-order valence-electron chi connectivity index (χ4n) is 4.90. The number of urea groups is 1. The summed E-state index contributed by atoms with van der Waals surface area (Å²) in [4.78, 5) is 19.2. The lowest BCUT2D eigenvalue weighted by Gasteiger charge is -2.36. The van der Waals surface area contributed by atoms with Crippen LogP contribution in [-0.2, 0) is 6.42 Å². The van der Waals surface area contributed by atoms with Crippen LogP contribution in [0, 0.1) is 6.92 Å². The number of carbonyl (C=O) groups excluding carboxylic acids is 1. The van der Waals surface area contributed by atoms with Crippen molar-refractivity contribution in [1.29, 1.82) is 0 Å². The molecule has 2 N–H and O–H groups in total. The van der Waals surface area contributed by atoms with Crippen LogP contribution in [0.3, 0.4) is 0 Å². The number of fused-ring (bicyclic) bond motifs is 3. The van der Waals surface area contributed by atoms with Crippen LogP contribution in [-0.4, -0.2) is 43.8 Å². The van der Waals surface area contributed by atoms with E-state index in [1.807, 2.05) is 11.0 Å². The largest absolute Gasteiger partial charge is 0.493 e. The molecule has 3 aromatic carbocycles. The average molecular weight is 472 g/mol. The molecule has 0 aliphatic carbocycles. The molecule has 7 heteroatoms. The summed E-state index contributed by atoms with van der Waals surface area (Å²) in [6.07, 6.45) is 0.768. The summed E-state index contributed by atoms with van der Waals surface area (Å²) < 4.78 is 16.3. The highest BCUT2D eigenvalue weighted by Gasteiger charge is 2.34. The molecule has 35 heavy (non-hydrogen) atoms. The molecule has 1 atom stereocenters. The second-order valence-electron chi connectivity index (χ2n) is 8.66. The molecule has 180 valence electrons. The molecule has 0 unspecified atom stereocenters. The molecular weight excluding hydrogens is 442 g/mol. The Labute approximate surface area is 204 Å². The van der Waals surface area contributed by atoms with Gasteiger partial charge < -0.3 is 29.4 Å². The zero-order chi connectivity index (χ0) is 24.5. The number of ether oxygens (including phenoxy) is 3. The van der Waals surface area contributed by atoms with Crippen molar-refractivity contribution in [2.45, 2.75) is 19.4 Å². The van der Waals surface area contributed by atoms with Crippen molar-refractivity contribution in [2.24, 2.45) is 0 Å². The lowest BCUT2D eigenvalue weighted by atomic mass is 9.92. The maximum absolute atomic E-state index is 13.7. The zero-order valence-electron chi connectivity index (χ0n) is 20.3. The number of nitrogens with zero attached hydrogens (tertiary/aromatic N) is 1. The highest BCUT2D eigenvalue weighted by Crippen LogP contribution is 2.41. The number of carbonyl (C=O) groups is 1. The van der Waals surface area contributed by atoms with Crippen molar-refractivity contribution in [1.82, 2.24) is 9.88 Å². The third-order valence-corrected chi connectivity index (χ3v) is 6.60. The van der Waals surface area contributed by atoms with Crippen LogP contribution >= 0.6 is 0 Å². The zero-order valence-corrected chi connectivity index (χ0v) is 20.3. The molecule has 5 rings (SSSR count). The van der Waals surface area contributed by atoms with E-state index >= 15 is 0 Å². The van der Waals surface area contributed by atoms with Gasteiger partial charge in [-0.3, -0.25) is 0 Å². The van der Waals surface area contributed by atoms with Crippen LogP contribution in [0.2, 0.25) is 0 Å². The van der Waals surface area contributed by atoms with Gasteiger partial charge in [-0.1, -0.05) is 48.0 Å². The minimum absolute atomic E-state index is 0.200. The number of nitrogens with one attached hydrogen (secondary N) is 2. The number of aromatic amines is 1.